The molecule has 0 radical (unpaired) electrons. The lowest BCUT2D eigenvalue weighted by molar-refractivity contribution is 0.137. The van der Waals surface area contributed by atoms with Crippen LogP contribution in [0.1, 0.15) is 18.4 Å². The molecule has 0 spiro atoms. The van der Waals surface area contributed by atoms with Crippen molar-refractivity contribution >= 4 is 17.7 Å². The van der Waals surface area contributed by atoms with Crippen LogP contribution in [0, 0.1) is 0 Å². The van der Waals surface area contributed by atoms with Crippen LogP contribution in [0.4, 0.5) is 4.79 Å². The first-order chi connectivity index (χ1) is 8.76. The van der Waals surface area contributed by atoms with E-state index in [4.69, 9.17) is 16.3 Å². The molecule has 4 heteroatoms. The zero-order chi connectivity index (χ0) is 13.2. The topological polar surface area (TPSA) is 38.3 Å². The van der Waals surface area contributed by atoms with Crippen LogP contribution in [0.25, 0.3) is 0 Å². The molecule has 18 heavy (non-hydrogen) atoms. The molecule has 0 aliphatic heterocycles. The maximum atomic E-state index is 11.5. The molecule has 1 aromatic carbocycles. The van der Waals surface area contributed by atoms with Gasteiger partial charge in [0.05, 0.1) is 6.04 Å². The third-order valence-corrected chi connectivity index (χ3v) is 2.72. The summed E-state index contributed by atoms with van der Waals surface area (Å²) in [7, 11) is 0. The third kappa shape index (κ3) is 5.73. The van der Waals surface area contributed by atoms with Crippen molar-refractivity contribution in [2.45, 2.75) is 25.5 Å². The second-order valence-electron chi connectivity index (χ2n) is 3.88. The molecule has 1 unspecified atom stereocenters. The van der Waals surface area contributed by atoms with Gasteiger partial charge in [-0.25, -0.2) is 4.79 Å². The fourth-order valence-electron chi connectivity index (χ4n) is 1.46. The zero-order valence-corrected chi connectivity index (χ0v) is 11.0. The number of nitrogens with one attached hydrogen (secondary N) is 1. The highest BCUT2D eigenvalue weighted by atomic mass is 35.5. The van der Waals surface area contributed by atoms with Crippen molar-refractivity contribution in [3.63, 3.8) is 0 Å². The van der Waals surface area contributed by atoms with Crippen LogP contribution in [-0.4, -0.2) is 18.0 Å². The molecule has 0 aliphatic carbocycles. The largest absolute Gasteiger partial charge is 0.445 e. The molecule has 0 fully saturated rings. The van der Waals surface area contributed by atoms with Crippen molar-refractivity contribution in [1.82, 2.24) is 5.32 Å². The van der Waals surface area contributed by atoms with E-state index in [2.05, 4.69) is 11.9 Å². The summed E-state index contributed by atoms with van der Waals surface area (Å²) in [5.74, 6) is 0.574. The van der Waals surface area contributed by atoms with Gasteiger partial charge in [-0.05, 0) is 18.4 Å². The lowest BCUT2D eigenvalue weighted by Crippen LogP contribution is -2.33. The lowest BCUT2D eigenvalue weighted by Gasteiger charge is -2.14. The van der Waals surface area contributed by atoms with Crippen molar-refractivity contribution < 1.29 is 9.53 Å². The Morgan fingerprint density at radius 3 is 2.78 bits per heavy atom. The average molecular weight is 268 g/mol. The number of alkyl halides is 1. The first kappa shape index (κ1) is 14.6. The number of amides is 1. The summed E-state index contributed by atoms with van der Waals surface area (Å²) in [6.07, 6.45) is 2.86. The van der Waals surface area contributed by atoms with Gasteiger partial charge in [-0.3, -0.25) is 0 Å². The zero-order valence-electron chi connectivity index (χ0n) is 10.3. The van der Waals surface area contributed by atoms with E-state index in [1.54, 1.807) is 6.08 Å². The maximum absolute atomic E-state index is 11.5. The monoisotopic (exact) mass is 267 g/mol. The molecular weight excluding hydrogens is 250 g/mol. The molecule has 1 N–H and O–H groups in total. The van der Waals surface area contributed by atoms with Gasteiger partial charge in [0.15, 0.2) is 0 Å². The smallest absolute Gasteiger partial charge is 0.407 e. The third-order valence-electron chi connectivity index (χ3n) is 2.45. The van der Waals surface area contributed by atoms with E-state index >= 15 is 0 Å². The van der Waals surface area contributed by atoms with E-state index in [1.165, 1.54) is 0 Å². The summed E-state index contributed by atoms with van der Waals surface area (Å²) in [5.41, 5.74) is 0.962. The van der Waals surface area contributed by atoms with Gasteiger partial charge < -0.3 is 10.1 Å². The normalized spacial score (nSPS) is 11.6. The molecule has 0 aliphatic rings. The van der Waals surface area contributed by atoms with Crippen molar-refractivity contribution in [1.29, 1.82) is 0 Å². The van der Waals surface area contributed by atoms with Crippen molar-refractivity contribution in [3.05, 3.63) is 48.6 Å². The second kappa shape index (κ2) is 8.59. The maximum Gasteiger partial charge on any atom is 0.407 e. The first-order valence-electron chi connectivity index (χ1n) is 5.92. The predicted octanol–water partition coefficient (Wildman–Crippen LogP) is 3.49. The van der Waals surface area contributed by atoms with Crippen LogP contribution in [0.15, 0.2) is 43.0 Å². The molecule has 1 amide bonds. The Kier molecular flexibility index (Phi) is 6.96. The minimum Gasteiger partial charge on any atom is -0.445 e. The molecule has 1 rings (SSSR count). The fourth-order valence-corrected chi connectivity index (χ4v) is 1.62. The van der Waals surface area contributed by atoms with Gasteiger partial charge in [0.1, 0.15) is 6.61 Å². The quantitative estimate of drug-likeness (QED) is 0.607. The minimum atomic E-state index is -0.432. The molecule has 0 bridgehead atoms. The van der Waals surface area contributed by atoms with E-state index < -0.39 is 6.09 Å². The van der Waals surface area contributed by atoms with Crippen LogP contribution < -0.4 is 5.32 Å². The molecule has 1 aromatic rings. The molecular formula is C14H18ClNO2. The van der Waals surface area contributed by atoms with Crippen LogP contribution in [0.3, 0.4) is 0 Å². The van der Waals surface area contributed by atoms with Crippen LogP contribution in [0.2, 0.25) is 0 Å². The molecule has 1 atom stereocenters. The van der Waals surface area contributed by atoms with Gasteiger partial charge in [-0.15, -0.1) is 18.2 Å². The van der Waals surface area contributed by atoms with E-state index in [0.29, 0.717) is 5.88 Å². The Labute approximate surface area is 113 Å². The van der Waals surface area contributed by atoms with Crippen LogP contribution >= 0.6 is 11.6 Å². The Morgan fingerprint density at radius 2 is 2.17 bits per heavy atom. The Hall–Kier alpha value is -1.48. The molecule has 0 heterocycles. The molecule has 0 saturated heterocycles. The number of halogens is 1. The van der Waals surface area contributed by atoms with E-state index in [0.717, 1.165) is 18.4 Å². The first-order valence-corrected chi connectivity index (χ1v) is 6.45. The molecule has 0 aromatic heterocycles. The van der Waals surface area contributed by atoms with E-state index in [-0.39, 0.29) is 12.6 Å². The van der Waals surface area contributed by atoms with Gasteiger partial charge in [-0.2, -0.15) is 0 Å². The summed E-state index contributed by atoms with van der Waals surface area (Å²) in [6, 6.07) is 9.46. The molecule has 98 valence electrons. The number of ether oxygens (including phenoxy) is 1. The Morgan fingerprint density at radius 1 is 1.44 bits per heavy atom. The summed E-state index contributed by atoms with van der Waals surface area (Å²) in [5, 5.41) is 2.73. The van der Waals surface area contributed by atoms with Crippen molar-refractivity contribution in [2.75, 3.05) is 5.88 Å². The van der Waals surface area contributed by atoms with E-state index in [9.17, 15) is 4.79 Å². The summed E-state index contributed by atoms with van der Waals surface area (Å²) < 4.78 is 5.11. The van der Waals surface area contributed by atoms with Gasteiger partial charge in [0.25, 0.3) is 0 Å². The summed E-state index contributed by atoms with van der Waals surface area (Å²) >= 11 is 5.60. The van der Waals surface area contributed by atoms with Crippen LogP contribution in [-0.2, 0) is 11.3 Å². The molecule has 0 saturated carbocycles. The van der Waals surface area contributed by atoms with Crippen LogP contribution in [0.5, 0.6) is 0 Å². The lowest BCUT2D eigenvalue weighted by atomic mass is 10.2. The fraction of sp³-hybridized carbons (Fsp3) is 0.357. The minimum absolute atomic E-state index is 0.0907. The summed E-state index contributed by atoms with van der Waals surface area (Å²) in [6.45, 7) is 3.94. The number of alkyl carbamates (subject to hydrolysis) is 1. The number of benzene rings is 1. The number of carbonyl (C=O) groups is 1. The highest BCUT2D eigenvalue weighted by Gasteiger charge is 2.09. The Balaban J connectivity index is 2.30. The number of rotatable bonds is 7. The number of hydrogen-bond acceptors (Lipinski definition) is 2. The second-order valence-corrected chi connectivity index (χ2v) is 4.26. The highest BCUT2D eigenvalue weighted by Crippen LogP contribution is 2.03. The van der Waals surface area contributed by atoms with Gasteiger partial charge in [-0.1, -0.05) is 36.4 Å². The summed E-state index contributed by atoms with van der Waals surface area (Å²) in [4.78, 5) is 11.5. The predicted molar refractivity (Wildman–Crippen MR) is 73.7 cm³/mol. The number of carbonyl (C=O) groups excluding carboxylic acids is 1. The van der Waals surface area contributed by atoms with Crippen molar-refractivity contribution in [2.24, 2.45) is 0 Å². The average Bonchev–Trinajstić information content (AvgIpc) is 2.42. The van der Waals surface area contributed by atoms with Gasteiger partial charge in [0.2, 0.25) is 0 Å². The highest BCUT2D eigenvalue weighted by molar-refractivity contribution is 6.17. The van der Waals surface area contributed by atoms with E-state index in [1.807, 2.05) is 30.3 Å². The Bertz CT molecular complexity index is 367. The van der Waals surface area contributed by atoms with Crippen molar-refractivity contribution in [3.8, 4) is 0 Å². The molecule has 3 nitrogen and oxygen atoms in total. The van der Waals surface area contributed by atoms with Gasteiger partial charge >= 0.3 is 6.09 Å². The number of hydrogen-bond donors (Lipinski definition) is 1. The van der Waals surface area contributed by atoms with Gasteiger partial charge in [0, 0.05) is 5.88 Å². The SMILES string of the molecule is C=CC(CCCCl)NC(=O)OCc1ccccc1. The standard InChI is InChI=1S/C14H18ClNO2/c1-2-13(9-6-10-15)16-14(17)18-11-12-7-4-3-5-8-12/h2-5,7-8,13H,1,6,9-11H2,(H,16,17).